The molecule has 1 aromatic heterocycles. The van der Waals surface area contributed by atoms with E-state index in [0.717, 1.165) is 0 Å². The summed E-state index contributed by atoms with van der Waals surface area (Å²) in [5, 5.41) is 8.75. The van der Waals surface area contributed by atoms with Crippen molar-refractivity contribution in [3.63, 3.8) is 0 Å². The quantitative estimate of drug-likeness (QED) is 0.654. The summed E-state index contributed by atoms with van der Waals surface area (Å²) >= 11 is 1.86. The van der Waals surface area contributed by atoms with E-state index in [2.05, 4.69) is 4.98 Å². The van der Waals surface area contributed by atoms with Gasteiger partial charge in [-0.25, -0.2) is 9.18 Å². The van der Waals surface area contributed by atoms with E-state index < -0.39 is 11.8 Å². The zero-order valence-electron chi connectivity index (χ0n) is 8.91. The summed E-state index contributed by atoms with van der Waals surface area (Å²) in [6.07, 6.45) is 1.32. The smallest absolute Gasteiger partial charge is 0.352 e. The van der Waals surface area contributed by atoms with Gasteiger partial charge in [0, 0.05) is 20.9 Å². The van der Waals surface area contributed by atoms with Gasteiger partial charge in [-0.3, -0.25) is 4.79 Å². The predicted octanol–water partition coefficient (Wildman–Crippen LogP) is 2.69. The van der Waals surface area contributed by atoms with E-state index in [9.17, 15) is 14.0 Å². The highest BCUT2D eigenvalue weighted by Crippen LogP contribution is 2.18. The second kappa shape index (κ2) is 4.89. The average Bonchev–Trinajstić information content (AvgIpc) is 2.77. The number of carboxylic acid groups (broad SMARTS) is 1. The van der Waals surface area contributed by atoms with Crippen LogP contribution in [0.5, 0.6) is 0 Å². The lowest BCUT2D eigenvalue weighted by atomic mass is 10.1. The molecule has 0 aliphatic carbocycles. The third-order valence-electron chi connectivity index (χ3n) is 2.35. The van der Waals surface area contributed by atoms with Crippen LogP contribution < -0.4 is 0 Å². The van der Waals surface area contributed by atoms with Crippen LogP contribution in [0.4, 0.5) is 4.39 Å². The Hall–Kier alpha value is -1.70. The number of halogens is 2. The molecule has 92 valence electrons. The molecule has 0 aliphatic rings. The molecule has 2 N–H and O–H groups in total. The molecular formula is C12H7FINO3. The van der Waals surface area contributed by atoms with Gasteiger partial charge in [-0.2, -0.15) is 0 Å². The van der Waals surface area contributed by atoms with Crippen molar-refractivity contribution in [2.24, 2.45) is 0 Å². The summed E-state index contributed by atoms with van der Waals surface area (Å²) in [6, 6.07) is 5.08. The molecular weight excluding hydrogens is 352 g/mol. The van der Waals surface area contributed by atoms with Crippen LogP contribution in [0.1, 0.15) is 26.4 Å². The molecule has 0 atom stereocenters. The Kier molecular flexibility index (Phi) is 3.46. The lowest BCUT2D eigenvalue weighted by molar-refractivity contribution is 0.0691. The number of H-pyrrole nitrogens is 1. The minimum atomic E-state index is -1.14. The van der Waals surface area contributed by atoms with Crippen LogP contribution >= 0.6 is 22.6 Å². The van der Waals surface area contributed by atoms with E-state index >= 15 is 0 Å². The maximum absolute atomic E-state index is 12.9. The minimum absolute atomic E-state index is 0.0598. The molecule has 1 heterocycles. The highest BCUT2D eigenvalue weighted by molar-refractivity contribution is 14.1. The van der Waals surface area contributed by atoms with Gasteiger partial charge in [0.1, 0.15) is 11.5 Å². The van der Waals surface area contributed by atoms with Crippen LogP contribution in [0, 0.1) is 9.39 Å². The zero-order valence-corrected chi connectivity index (χ0v) is 11.1. The van der Waals surface area contributed by atoms with Crippen molar-refractivity contribution in [2.75, 3.05) is 0 Å². The van der Waals surface area contributed by atoms with Crippen LogP contribution in [-0.2, 0) is 0 Å². The SMILES string of the molecule is O=C(O)c1cc(C(=O)c2ccc(F)cc2I)c[nH]1. The second-order valence-electron chi connectivity index (χ2n) is 3.56. The molecule has 0 saturated heterocycles. The third kappa shape index (κ3) is 2.42. The molecule has 0 unspecified atom stereocenters. The van der Waals surface area contributed by atoms with Gasteiger partial charge in [-0.05, 0) is 46.9 Å². The van der Waals surface area contributed by atoms with Gasteiger partial charge in [0.15, 0.2) is 5.78 Å². The fourth-order valence-corrected chi connectivity index (χ4v) is 2.20. The maximum atomic E-state index is 12.9. The van der Waals surface area contributed by atoms with Crippen molar-refractivity contribution < 1.29 is 19.1 Å². The summed E-state index contributed by atoms with van der Waals surface area (Å²) in [6.45, 7) is 0. The first-order valence-electron chi connectivity index (χ1n) is 4.90. The Morgan fingerprint density at radius 2 is 2.00 bits per heavy atom. The Morgan fingerprint density at radius 1 is 1.28 bits per heavy atom. The zero-order chi connectivity index (χ0) is 13.3. The lowest BCUT2D eigenvalue weighted by Gasteiger charge is -2.01. The van der Waals surface area contributed by atoms with E-state index in [1.54, 1.807) is 0 Å². The van der Waals surface area contributed by atoms with E-state index in [1.807, 2.05) is 22.6 Å². The standard InChI is InChI=1S/C12H7FINO3/c13-7-1-2-8(9(14)4-7)11(16)6-3-10(12(17)18)15-5-6/h1-5,15H,(H,17,18). The van der Waals surface area contributed by atoms with Crippen LogP contribution in [0.2, 0.25) is 0 Å². The topological polar surface area (TPSA) is 70.2 Å². The van der Waals surface area contributed by atoms with Crippen LogP contribution in [0.25, 0.3) is 0 Å². The van der Waals surface area contributed by atoms with Gasteiger partial charge in [0.2, 0.25) is 0 Å². The molecule has 2 rings (SSSR count). The Labute approximate surface area is 115 Å². The fourth-order valence-electron chi connectivity index (χ4n) is 1.48. The van der Waals surface area contributed by atoms with E-state index in [4.69, 9.17) is 5.11 Å². The number of rotatable bonds is 3. The van der Waals surface area contributed by atoms with Gasteiger partial charge in [-0.1, -0.05) is 0 Å². The molecule has 0 bridgehead atoms. The molecule has 1 aromatic carbocycles. The van der Waals surface area contributed by atoms with Gasteiger partial charge in [0.25, 0.3) is 0 Å². The fraction of sp³-hybridized carbons (Fsp3) is 0. The summed E-state index contributed by atoms with van der Waals surface area (Å²) in [5.74, 6) is -1.90. The van der Waals surface area contributed by atoms with Crippen molar-refractivity contribution in [1.82, 2.24) is 4.98 Å². The van der Waals surface area contributed by atoms with Gasteiger partial charge >= 0.3 is 5.97 Å². The van der Waals surface area contributed by atoms with Gasteiger partial charge < -0.3 is 10.1 Å². The summed E-state index contributed by atoms with van der Waals surface area (Å²) in [7, 11) is 0. The number of carboxylic acids is 1. The number of aromatic nitrogens is 1. The Morgan fingerprint density at radius 3 is 2.56 bits per heavy atom. The molecule has 0 aliphatic heterocycles. The van der Waals surface area contributed by atoms with Crippen LogP contribution in [0.3, 0.4) is 0 Å². The Balaban J connectivity index is 2.38. The predicted molar refractivity (Wildman–Crippen MR) is 70.3 cm³/mol. The van der Waals surface area contributed by atoms with Crippen molar-refractivity contribution >= 4 is 34.3 Å². The van der Waals surface area contributed by atoms with E-state index in [0.29, 0.717) is 9.13 Å². The minimum Gasteiger partial charge on any atom is -0.477 e. The van der Waals surface area contributed by atoms with Crippen molar-refractivity contribution in [2.45, 2.75) is 0 Å². The summed E-state index contributed by atoms with van der Waals surface area (Å²) in [4.78, 5) is 25.3. The molecule has 6 heteroatoms. The number of carbonyl (C=O) groups excluding carboxylic acids is 1. The Bertz CT molecular complexity index is 636. The van der Waals surface area contributed by atoms with E-state index in [-0.39, 0.29) is 17.0 Å². The molecule has 0 radical (unpaired) electrons. The molecule has 2 aromatic rings. The van der Waals surface area contributed by atoms with Crippen molar-refractivity contribution in [3.05, 3.63) is 56.7 Å². The number of nitrogens with one attached hydrogen (secondary N) is 1. The number of aromatic carboxylic acids is 1. The first-order valence-corrected chi connectivity index (χ1v) is 5.98. The van der Waals surface area contributed by atoms with Gasteiger partial charge in [0.05, 0.1) is 0 Å². The highest BCUT2D eigenvalue weighted by Gasteiger charge is 2.16. The van der Waals surface area contributed by atoms with Crippen LogP contribution in [0.15, 0.2) is 30.5 Å². The number of benzene rings is 1. The first-order chi connectivity index (χ1) is 8.49. The third-order valence-corrected chi connectivity index (χ3v) is 3.24. The number of carbonyl (C=O) groups is 2. The van der Waals surface area contributed by atoms with Crippen molar-refractivity contribution in [1.29, 1.82) is 0 Å². The lowest BCUT2D eigenvalue weighted by Crippen LogP contribution is -2.03. The average molecular weight is 359 g/mol. The normalized spacial score (nSPS) is 10.3. The molecule has 0 saturated carbocycles. The number of ketones is 1. The largest absolute Gasteiger partial charge is 0.477 e. The molecule has 0 fully saturated rings. The van der Waals surface area contributed by atoms with Crippen molar-refractivity contribution in [3.8, 4) is 0 Å². The number of aromatic amines is 1. The monoisotopic (exact) mass is 359 g/mol. The van der Waals surface area contributed by atoms with E-state index in [1.165, 1.54) is 30.5 Å². The van der Waals surface area contributed by atoms with Gasteiger partial charge in [-0.15, -0.1) is 0 Å². The summed E-state index contributed by atoms with van der Waals surface area (Å²) in [5.41, 5.74) is 0.514. The molecule has 4 nitrogen and oxygen atoms in total. The molecule has 18 heavy (non-hydrogen) atoms. The summed E-state index contributed by atoms with van der Waals surface area (Å²) < 4.78 is 13.4. The maximum Gasteiger partial charge on any atom is 0.352 e. The number of hydrogen-bond acceptors (Lipinski definition) is 2. The second-order valence-corrected chi connectivity index (χ2v) is 4.72. The number of hydrogen-bond donors (Lipinski definition) is 2. The van der Waals surface area contributed by atoms with Crippen LogP contribution in [-0.4, -0.2) is 21.8 Å². The molecule has 0 amide bonds. The first kappa shape index (κ1) is 12.7. The molecule has 0 spiro atoms. The highest BCUT2D eigenvalue weighted by atomic mass is 127.